The molecular weight excluding hydrogens is 280 g/mol. The molecule has 2 heteroatoms. The lowest BCUT2D eigenvalue weighted by Crippen LogP contribution is -1.93. The standard InChI is InChI=1S/C21H12N2/c22-12-15-6-3-8-19(21(15)13-23)18-10-4-9-17-16-7-2-1-5-14(16)11-20(17)18/h1-10H,11H2. The van der Waals surface area contributed by atoms with E-state index < -0.39 is 0 Å². The van der Waals surface area contributed by atoms with Crippen molar-refractivity contribution in [3.8, 4) is 34.4 Å². The first-order valence-corrected chi connectivity index (χ1v) is 7.47. The Balaban J connectivity index is 1.99. The number of hydrogen-bond donors (Lipinski definition) is 0. The van der Waals surface area contributed by atoms with Crippen molar-refractivity contribution in [1.82, 2.24) is 0 Å². The minimum absolute atomic E-state index is 0.429. The van der Waals surface area contributed by atoms with Crippen LogP contribution in [0.25, 0.3) is 22.3 Å². The van der Waals surface area contributed by atoms with Gasteiger partial charge in [0.15, 0.2) is 0 Å². The van der Waals surface area contributed by atoms with E-state index in [2.05, 4.69) is 42.5 Å². The number of fused-ring (bicyclic) bond motifs is 3. The minimum Gasteiger partial charge on any atom is -0.192 e. The van der Waals surface area contributed by atoms with Crippen molar-refractivity contribution in [1.29, 1.82) is 10.5 Å². The molecule has 0 heterocycles. The van der Waals surface area contributed by atoms with Gasteiger partial charge < -0.3 is 0 Å². The third-order valence-corrected chi connectivity index (χ3v) is 4.44. The molecule has 0 bridgehead atoms. The molecule has 1 aliphatic carbocycles. The second kappa shape index (κ2) is 5.13. The van der Waals surface area contributed by atoms with Gasteiger partial charge in [0.05, 0.1) is 11.1 Å². The quantitative estimate of drug-likeness (QED) is 0.512. The van der Waals surface area contributed by atoms with E-state index in [9.17, 15) is 10.5 Å². The van der Waals surface area contributed by atoms with Crippen LogP contribution in [-0.4, -0.2) is 0 Å². The van der Waals surface area contributed by atoms with Crippen molar-refractivity contribution in [3.05, 3.63) is 82.9 Å². The number of nitrogens with zero attached hydrogens (tertiary/aromatic N) is 2. The maximum absolute atomic E-state index is 9.51. The van der Waals surface area contributed by atoms with Crippen LogP contribution in [0.15, 0.2) is 60.7 Å². The lowest BCUT2D eigenvalue weighted by Gasteiger charge is -2.11. The van der Waals surface area contributed by atoms with Crippen LogP contribution < -0.4 is 0 Å². The van der Waals surface area contributed by atoms with Gasteiger partial charge in [0.2, 0.25) is 0 Å². The van der Waals surface area contributed by atoms with E-state index in [1.165, 1.54) is 22.3 Å². The van der Waals surface area contributed by atoms with Crippen LogP contribution in [-0.2, 0) is 6.42 Å². The third kappa shape index (κ3) is 1.94. The fraction of sp³-hybridized carbons (Fsp3) is 0.0476. The maximum Gasteiger partial charge on any atom is 0.101 e. The zero-order chi connectivity index (χ0) is 15.8. The molecule has 0 saturated heterocycles. The number of hydrogen-bond acceptors (Lipinski definition) is 2. The maximum atomic E-state index is 9.51. The molecule has 0 spiro atoms. The van der Waals surface area contributed by atoms with Crippen molar-refractivity contribution in [3.63, 3.8) is 0 Å². The molecule has 0 aliphatic heterocycles. The Kier molecular flexibility index (Phi) is 2.97. The van der Waals surface area contributed by atoms with Crippen LogP contribution in [0.5, 0.6) is 0 Å². The first-order chi connectivity index (χ1) is 11.3. The third-order valence-electron chi connectivity index (χ3n) is 4.44. The molecule has 3 aromatic carbocycles. The molecule has 0 atom stereocenters. The van der Waals surface area contributed by atoms with Crippen molar-refractivity contribution >= 4 is 0 Å². The van der Waals surface area contributed by atoms with E-state index in [4.69, 9.17) is 0 Å². The van der Waals surface area contributed by atoms with Crippen molar-refractivity contribution < 1.29 is 0 Å². The zero-order valence-electron chi connectivity index (χ0n) is 12.4. The normalized spacial score (nSPS) is 11.2. The summed E-state index contributed by atoms with van der Waals surface area (Å²) in [6.07, 6.45) is 0.864. The molecule has 3 aromatic rings. The highest BCUT2D eigenvalue weighted by atomic mass is 14.3. The van der Waals surface area contributed by atoms with E-state index in [1.807, 2.05) is 24.3 Å². The van der Waals surface area contributed by atoms with Gasteiger partial charge in [-0.2, -0.15) is 10.5 Å². The highest BCUT2D eigenvalue weighted by Gasteiger charge is 2.22. The molecule has 0 fully saturated rings. The topological polar surface area (TPSA) is 47.6 Å². The lowest BCUT2D eigenvalue weighted by molar-refractivity contribution is 1.26. The van der Waals surface area contributed by atoms with Crippen LogP contribution in [0.1, 0.15) is 22.3 Å². The Bertz CT molecular complexity index is 1020. The summed E-state index contributed by atoms with van der Waals surface area (Å²) in [5.74, 6) is 0. The molecule has 106 valence electrons. The molecule has 1 aliphatic rings. The average Bonchev–Trinajstić information content (AvgIpc) is 2.99. The van der Waals surface area contributed by atoms with E-state index >= 15 is 0 Å². The van der Waals surface area contributed by atoms with Gasteiger partial charge in [-0.25, -0.2) is 0 Å². The lowest BCUT2D eigenvalue weighted by atomic mass is 9.91. The molecule has 23 heavy (non-hydrogen) atoms. The van der Waals surface area contributed by atoms with Crippen LogP contribution in [0, 0.1) is 22.7 Å². The molecular formula is C21H12N2. The highest BCUT2D eigenvalue weighted by Crippen LogP contribution is 2.42. The highest BCUT2D eigenvalue weighted by molar-refractivity contribution is 5.86. The Morgan fingerprint density at radius 1 is 0.652 bits per heavy atom. The van der Waals surface area contributed by atoms with Gasteiger partial charge in [-0.1, -0.05) is 54.6 Å². The van der Waals surface area contributed by atoms with Gasteiger partial charge in [-0.15, -0.1) is 0 Å². The van der Waals surface area contributed by atoms with Gasteiger partial charge in [-0.3, -0.25) is 0 Å². The van der Waals surface area contributed by atoms with E-state index in [0.29, 0.717) is 11.1 Å². The largest absolute Gasteiger partial charge is 0.192 e. The SMILES string of the molecule is N#Cc1cccc(-c2cccc3c2Cc2ccccc2-3)c1C#N. The molecule has 0 aromatic heterocycles. The molecule has 2 nitrogen and oxygen atoms in total. The molecule has 0 unspecified atom stereocenters. The smallest absolute Gasteiger partial charge is 0.101 e. The van der Waals surface area contributed by atoms with Crippen LogP contribution in [0.3, 0.4) is 0 Å². The Labute approximate surface area is 134 Å². The minimum atomic E-state index is 0.429. The van der Waals surface area contributed by atoms with Gasteiger partial charge in [-0.05, 0) is 40.3 Å². The van der Waals surface area contributed by atoms with E-state index in [-0.39, 0.29) is 0 Å². The Morgan fingerprint density at radius 2 is 1.30 bits per heavy atom. The van der Waals surface area contributed by atoms with Gasteiger partial charge in [0.25, 0.3) is 0 Å². The first kappa shape index (κ1) is 13.3. The molecule has 0 amide bonds. The van der Waals surface area contributed by atoms with Crippen LogP contribution in [0.2, 0.25) is 0 Å². The summed E-state index contributed by atoms with van der Waals surface area (Å²) < 4.78 is 0. The monoisotopic (exact) mass is 292 g/mol. The number of nitriles is 2. The van der Waals surface area contributed by atoms with Gasteiger partial charge >= 0.3 is 0 Å². The van der Waals surface area contributed by atoms with Gasteiger partial charge in [0.1, 0.15) is 12.1 Å². The predicted octanol–water partition coefficient (Wildman–Crippen LogP) is 4.67. The second-order valence-corrected chi connectivity index (χ2v) is 5.62. The summed E-state index contributed by atoms with van der Waals surface area (Å²) in [6.45, 7) is 0. The van der Waals surface area contributed by atoms with Crippen molar-refractivity contribution in [2.75, 3.05) is 0 Å². The summed E-state index contributed by atoms with van der Waals surface area (Å²) in [5.41, 5.74) is 7.81. The van der Waals surface area contributed by atoms with Crippen molar-refractivity contribution in [2.24, 2.45) is 0 Å². The Hall–Kier alpha value is -3.36. The van der Waals surface area contributed by atoms with E-state index in [0.717, 1.165) is 17.5 Å². The summed E-state index contributed by atoms with van der Waals surface area (Å²) in [4.78, 5) is 0. The molecule has 0 saturated carbocycles. The first-order valence-electron chi connectivity index (χ1n) is 7.47. The Morgan fingerprint density at radius 3 is 2.09 bits per heavy atom. The van der Waals surface area contributed by atoms with Crippen LogP contribution in [0.4, 0.5) is 0 Å². The molecule has 0 N–H and O–H groups in total. The average molecular weight is 292 g/mol. The summed E-state index contributed by atoms with van der Waals surface area (Å²) in [7, 11) is 0. The number of rotatable bonds is 1. The molecule has 0 radical (unpaired) electrons. The fourth-order valence-electron chi connectivity index (χ4n) is 3.40. The zero-order valence-corrected chi connectivity index (χ0v) is 12.4. The fourth-order valence-corrected chi connectivity index (χ4v) is 3.40. The summed E-state index contributed by atoms with van der Waals surface area (Å²) in [6, 6.07) is 24.4. The predicted molar refractivity (Wildman–Crippen MR) is 89.6 cm³/mol. The number of benzene rings is 3. The molecule has 4 rings (SSSR count). The second-order valence-electron chi connectivity index (χ2n) is 5.62. The summed E-state index contributed by atoms with van der Waals surface area (Å²) in [5, 5.41) is 18.8. The van der Waals surface area contributed by atoms with Gasteiger partial charge in [0, 0.05) is 5.56 Å². The van der Waals surface area contributed by atoms with Crippen LogP contribution >= 0.6 is 0 Å². The van der Waals surface area contributed by atoms with Crippen molar-refractivity contribution in [2.45, 2.75) is 6.42 Å². The van der Waals surface area contributed by atoms with E-state index in [1.54, 1.807) is 6.07 Å². The summed E-state index contributed by atoms with van der Waals surface area (Å²) >= 11 is 0.